The van der Waals surface area contributed by atoms with Gasteiger partial charge in [-0.3, -0.25) is 4.90 Å². The molecule has 9 heteroatoms. The molecule has 0 spiro atoms. The molecule has 106 valence electrons. The zero-order valence-corrected chi connectivity index (χ0v) is 10.6. The van der Waals surface area contributed by atoms with Crippen molar-refractivity contribution in [2.75, 3.05) is 19.0 Å². The fourth-order valence-electron chi connectivity index (χ4n) is 1.93. The van der Waals surface area contributed by atoms with Crippen LogP contribution in [0.5, 0.6) is 0 Å². The van der Waals surface area contributed by atoms with Crippen molar-refractivity contribution < 1.29 is 27.4 Å². The first-order valence-corrected chi connectivity index (χ1v) is 6.65. The molecule has 1 amide bonds. The third-order valence-corrected chi connectivity index (χ3v) is 3.47. The number of hydrogen-bond acceptors (Lipinski definition) is 3. The Morgan fingerprint density at radius 3 is 2.72 bits per heavy atom. The van der Waals surface area contributed by atoms with Gasteiger partial charge in [-0.15, -0.1) is 0 Å². The summed E-state index contributed by atoms with van der Waals surface area (Å²) in [6, 6.07) is -0.265. The second kappa shape index (κ2) is 5.89. The van der Waals surface area contributed by atoms with Crippen LogP contribution in [0, 0.1) is 5.92 Å². The first kappa shape index (κ1) is 15.3. The Bertz CT molecular complexity index is 343. The summed E-state index contributed by atoms with van der Waals surface area (Å²) in [5.74, 6) is -4.06. The van der Waals surface area contributed by atoms with Crippen LogP contribution in [0.4, 0.5) is 13.6 Å². The topological polar surface area (TPSA) is 89.9 Å². The van der Waals surface area contributed by atoms with E-state index in [2.05, 4.69) is 5.32 Å². The lowest BCUT2D eigenvalue weighted by Gasteiger charge is -2.37. The predicted octanol–water partition coefficient (Wildman–Crippen LogP) is 0.779. The Kier molecular flexibility index (Phi) is 5.00. The van der Waals surface area contributed by atoms with Gasteiger partial charge in [0.2, 0.25) is 0 Å². The molecule has 3 N–H and O–H groups in total. The monoisotopic (exact) mass is 286 g/mol. The van der Waals surface area contributed by atoms with Gasteiger partial charge in [0.15, 0.2) is 11.1 Å². The molecule has 0 aromatic heterocycles. The van der Waals surface area contributed by atoms with Crippen molar-refractivity contribution in [3.05, 3.63) is 0 Å². The van der Waals surface area contributed by atoms with Gasteiger partial charge < -0.3 is 15.0 Å². The molecule has 0 bridgehead atoms. The van der Waals surface area contributed by atoms with E-state index >= 15 is 0 Å². The molecule has 0 saturated carbocycles. The molecular weight excluding hydrogens is 270 g/mol. The van der Waals surface area contributed by atoms with Gasteiger partial charge in [-0.2, -0.15) is 0 Å². The van der Waals surface area contributed by atoms with E-state index in [9.17, 15) is 17.8 Å². The molecule has 3 unspecified atom stereocenters. The molecule has 1 heterocycles. The summed E-state index contributed by atoms with van der Waals surface area (Å²) in [5.41, 5.74) is 0. The van der Waals surface area contributed by atoms with Gasteiger partial charge >= 0.3 is 6.09 Å². The van der Waals surface area contributed by atoms with E-state index in [0.29, 0.717) is 4.90 Å². The van der Waals surface area contributed by atoms with E-state index < -0.39 is 47.9 Å². The summed E-state index contributed by atoms with van der Waals surface area (Å²) in [7, 11) is 0. The van der Waals surface area contributed by atoms with E-state index in [1.54, 1.807) is 6.92 Å². The maximum Gasteiger partial charge on any atom is 0.408 e. The van der Waals surface area contributed by atoms with Gasteiger partial charge in [0.25, 0.3) is 5.92 Å². The standard InChI is InChI=1S/C9H16F2N2O4S/c1-6-7(2-9(10,11)4-12-6)3-13(8(14)15)5-18(16)17/h6-7,12H,2-5H2,1H3,(H,14,15)(H,16,17). The first-order valence-electron chi connectivity index (χ1n) is 5.38. The molecule has 0 radical (unpaired) electrons. The molecule has 0 aliphatic carbocycles. The number of carboxylic acid groups (broad SMARTS) is 1. The molecule has 1 aliphatic heterocycles. The number of halogens is 2. The molecule has 0 aromatic carbocycles. The lowest BCUT2D eigenvalue weighted by Crippen LogP contribution is -2.53. The van der Waals surface area contributed by atoms with Crippen molar-refractivity contribution in [2.24, 2.45) is 5.92 Å². The average Bonchev–Trinajstić information content (AvgIpc) is 2.21. The number of nitrogens with zero attached hydrogens (tertiary/aromatic N) is 1. The lowest BCUT2D eigenvalue weighted by atomic mass is 9.89. The second-order valence-electron chi connectivity index (χ2n) is 4.45. The highest BCUT2D eigenvalue weighted by atomic mass is 32.2. The Morgan fingerprint density at radius 2 is 2.22 bits per heavy atom. The SMILES string of the molecule is CC1NCC(F)(F)CC1CN(CS(=O)O)C(=O)O. The van der Waals surface area contributed by atoms with Crippen molar-refractivity contribution in [1.29, 1.82) is 0 Å². The smallest absolute Gasteiger partial charge is 0.408 e. The van der Waals surface area contributed by atoms with Crippen molar-refractivity contribution in [2.45, 2.75) is 25.3 Å². The van der Waals surface area contributed by atoms with Crippen LogP contribution in [-0.4, -0.2) is 55.8 Å². The lowest BCUT2D eigenvalue weighted by molar-refractivity contribution is -0.0538. The molecular formula is C9H16F2N2O4S. The van der Waals surface area contributed by atoms with Gasteiger partial charge in [0.1, 0.15) is 5.88 Å². The molecule has 18 heavy (non-hydrogen) atoms. The van der Waals surface area contributed by atoms with Crippen LogP contribution in [0.25, 0.3) is 0 Å². The Balaban J connectivity index is 2.66. The maximum absolute atomic E-state index is 13.2. The molecule has 6 nitrogen and oxygen atoms in total. The summed E-state index contributed by atoms with van der Waals surface area (Å²) in [4.78, 5) is 11.5. The number of carbonyl (C=O) groups is 1. The average molecular weight is 286 g/mol. The highest BCUT2D eigenvalue weighted by molar-refractivity contribution is 7.79. The van der Waals surface area contributed by atoms with Gasteiger partial charge in [-0.05, 0) is 12.8 Å². The summed E-state index contributed by atoms with van der Waals surface area (Å²) in [6.45, 7) is 1.07. The molecule has 3 atom stereocenters. The number of amides is 1. The first-order chi connectivity index (χ1) is 8.21. The van der Waals surface area contributed by atoms with Crippen molar-refractivity contribution in [1.82, 2.24) is 10.2 Å². The Labute approximate surface area is 106 Å². The third kappa shape index (κ3) is 4.46. The van der Waals surface area contributed by atoms with Crippen LogP contribution in [-0.2, 0) is 11.1 Å². The highest BCUT2D eigenvalue weighted by Crippen LogP contribution is 2.29. The zero-order chi connectivity index (χ0) is 13.9. The van der Waals surface area contributed by atoms with E-state index in [0.717, 1.165) is 0 Å². The minimum atomic E-state index is -2.88. The summed E-state index contributed by atoms with van der Waals surface area (Å²) in [6.07, 6.45) is -1.82. The van der Waals surface area contributed by atoms with Crippen LogP contribution >= 0.6 is 0 Å². The summed E-state index contributed by atoms with van der Waals surface area (Å²) < 4.78 is 45.7. The normalized spacial score (nSPS) is 28.7. The molecule has 1 fully saturated rings. The predicted molar refractivity (Wildman–Crippen MR) is 60.9 cm³/mol. The van der Waals surface area contributed by atoms with Crippen LogP contribution in [0.1, 0.15) is 13.3 Å². The largest absolute Gasteiger partial charge is 0.465 e. The summed E-state index contributed by atoms with van der Waals surface area (Å²) in [5, 5.41) is 11.5. The van der Waals surface area contributed by atoms with Crippen molar-refractivity contribution >= 4 is 17.2 Å². The maximum atomic E-state index is 13.2. The Hall–Kier alpha value is -0.800. The van der Waals surface area contributed by atoms with E-state index in [1.165, 1.54) is 0 Å². The van der Waals surface area contributed by atoms with Gasteiger partial charge in [-0.25, -0.2) is 17.8 Å². The number of piperidine rings is 1. The third-order valence-electron chi connectivity index (χ3n) is 2.94. The van der Waals surface area contributed by atoms with E-state index in [4.69, 9.17) is 9.66 Å². The number of rotatable bonds is 4. The fourth-order valence-corrected chi connectivity index (χ4v) is 2.42. The van der Waals surface area contributed by atoms with Crippen LogP contribution in [0.3, 0.4) is 0 Å². The van der Waals surface area contributed by atoms with E-state index in [-0.39, 0.29) is 12.6 Å². The minimum absolute atomic E-state index is 0.189. The molecule has 1 aliphatic rings. The van der Waals surface area contributed by atoms with Crippen LogP contribution in [0.15, 0.2) is 0 Å². The van der Waals surface area contributed by atoms with E-state index in [1.807, 2.05) is 0 Å². The zero-order valence-electron chi connectivity index (χ0n) is 9.81. The number of hydrogen-bond donors (Lipinski definition) is 3. The molecule has 1 rings (SSSR count). The Morgan fingerprint density at radius 1 is 1.61 bits per heavy atom. The number of nitrogens with one attached hydrogen (secondary N) is 1. The minimum Gasteiger partial charge on any atom is -0.465 e. The fraction of sp³-hybridized carbons (Fsp3) is 0.889. The van der Waals surface area contributed by atoms with Crippen LogP contribution in [0.2, 0.25) is 0 Å². The van der Waals surface area contributed by atoms with Crippen molar-refractivity contribution in [3.63, 3.8) is 0 Å². The van der Waals surface area contributed by atoms with Crippen LogP contribution < -0.4 is 5.32 Å². The second-order valence-corrected chi connectivity index (χ2v) is 5.35. The van der Waals surface area contributed by atoms with Crippen molar-refractivity contribution in [3.8, 4) is 0 Å². The van der Waals surface area contributed by atoms with Gasteiger partial charge in [0, 0.05) is 19.0 Å². The highest BCUT2D eigenvalue weighted by Gasteiger charge is 2.40. The van der Waals surface area contributed by atoms with Gasteiger partial charge in [-0.1, -0.05) is 0 Å². The molecule has 1 saturated heterocycles. The molecule has 0 aromatic rings. The summed E-state index contributed by atoms with van der Waals surface area (Å²) >= 11 is -2.31. The number of alkyl halides is 2. The quantitative estimate of drug-likeness (QED) is 0.664. The van der Waals surface area contributed by atoms with Gasteiger partial charge in [0.05, 0.1) is 6.54 Å².